The third kappa shape index (κ3) is 2.82. The summed E-state index contributed by atoms with van der Waals surface area (Å²) in [4.78, 5) is 2.05. The Balaban J connectivity index is 1.72. The number of aryl methyl sites for hydroxylation is 1. The predicted molar refractivity (Wildman–Crippen MR) is 82.5 cm³/mol. The zero-order valence-electron chi connectivity index (χ0n) is 12.3. The SMILES string of the molecule is Cc1ccc(S(=O)(=O)N2CCN(c3cccc(O)c3)CC2)o1. The molecule has 0 radical (unpaired) electrons. The van der Waals surface area contributed by atoms with Crippen LogP contribution in [0.4, 0.5) is 5.69 Å². The molecule has 1 aromatic carbocycles. The van der Waals surface area contributed by atoms with Crippen molar-refractivity contribution in [2.45, 2.75) is 12.0 Å². The van der Waals surface area contributed by atoms with E-state index in [4.69, 9.17) is 4.42 Å². The Morgan fingerprint density at radius 3 is 2.41 bits per heavy atom. The smallest absolute Gasteiger partial charge is 0.276 e. The van der Waals surface area contributed by atoms with Crippen LogP contribution < -0.4 is 4.90 Å². The van der Waals surface area contributed by atoms with E-state index in [1.165, 1.54) is 10.4 Å². The second-order valence-electron chi connectivity index (χ2n) is 5.28. The van der Waals surface area contributed by atoms with Crippen LogP contribution in [0.15, 0.2) is 45.9 Å². The third-order valence-electron chi connectivity index (χ3n) is 3.74. The standard InChI is InChI=1S/C15H18N2O4S/c1-12-5-6-15(21-12)22(19,20)17-9-7-16(8-10-17)13-3-2-4-14(18)11-13/h2-6,11,18H,7-10H2,1H3. The minimum Gasteiger partial charge on any atom is -0.508 e. The summed E-state index contributed by atoms with van der Waals surface area (Å²) in [5, 5.41) is 9.53. The molecule has 0 aliphatic carbocycles. The van der Waals surface area contributed by atoms with Gasteiger partial charge in [-0.25, -0.2) is 8.42 Å². The summed E-state index contributed by atoms with van der Waals surface area (Å²) in [7, 11) is -3.56. The first-order valence-corrected chi connectivity index (χ1v) is 8.51. The van der Waals surface area contributed by atoms with Crippen LogP contribution in [-0.2, 0) is 10.0 Å². The van der Waals surface area contributed by atoms with E-state index in [0.29, 0.717) is 31.9 Å². The molecule has 0 unspecified atom stereocenters. The molecule has 0 spiro atoms. The van der Waals surface area contributed by atoms with Gasteiger partial charge in [0.15, 0.2) is 0 Å². The molecule has 0 saturated carbocycles. The molecule has 1 saturated heterocycles. The van der Waals surface area contributed by atoms with Crippen molar-refractivity contribution in [2.24, 2.45) is 0 Å². The van der Waals surface area contributed by atoms with E-state index in [1.807, 2.05) is 6.07 Å². The number of furan rings is 1. The van der Waals surface area contributed by atoms with Gasteiger partial charge < -0.3 is 14.4 Å². The average molecular weight is 322 g/mol. The van der Waals surface area contributed by atoms with E-state index >= 15 is 0 Å². The van der Waals surface area contributed by atoms with Crippen molar-refractivity contribution < 1.29 is 17.9 Å². The first kappa shape index (κ1) is 14.9. The highest BCUT2D eigenvalue weighted by Crippen LogP contribution is 2.24. The Morgan fingerprint density at radius 2 is 1.82 bits per heavy atom. The highest BCUT2D eigenvalue weighted by Gasteiger charge is 2.30. The van der Waals surface area contributed by atoms with Crippen LogP contribution in [0.5, 0.6) is 5.75 Å². The van der Waals surface area contributed by atoms with Gasteiger partial charge in [-0.3, -0.25) is 0 Å². The van der Waals surface area contributed by atoms with E-state index in [9.17, 15) is 13.5 Å². The Kier molecular flexibility index (Phi) is 3.84. The summed E-state index contributed by atoms with van der Waals surface area (Å²) in [6.45, 7) is 3.64. The maximum absolute atomic E-state index is 12.5. The number of benzene rings is 1. The lowest BCUT2D eigenvalue weighted by molar-refractivity contribution is 0.357. The molecule has 7 heteroatoms. The number of hydrogen-bond acceptors (Lipinski definition) is 5. The van der Waals surface area contributed by atoms with Gasteiger partial charge in [-0.15, -0.1) is 0 Å². The van der Waals surface area contributed by atoms with E-state index in [0.717, 1.165) is 5.69 Å². The van der Waals surface area contributed by atoms with Crippen molar-refractivity contribution in [3.8, 4) is 5.75 Å². The van der Waals surface area contributed by atoms with E-state index in [2.05, 4.69) is 4.90 Å². The minimum absolute atomic E-state index is 0.00388. The average Bonchev–Trinajstić information content (AvgIpc) is 2.95. The number of sulfonamides is 1. The first-order valence-electron chi connectivity index (χ1n) is 7.07. The van der Waals surface area contributed by atoms with E-state index in [1.54, 1.807) is 31.2 Å². The Hall–Kier alpha value is -1.99. The quantitative estimate of drug-likeness (QED) is 0.933. The molecule has 1 fully saturated rings. The number of rotatable bonds is 3. The van der Waals surface area contributed by atoms with Gasteiger partial charge in [0.25, 0.3) is 10.0 Å². The molecule has 2 aromatic rings. The number of phenols is 1. The van der Waals surface area contributed by atoms with Gasteiger partial charge in [-0.05, 0) is 31.2 Å². The second kappa shape index (κ2) is 5.66. The summed E-state index contributed by atoms with van der Waals surface area (Å²) >= 11 is 0. The third-order valence-corrected chi connectivity index (χ3v) is 5.52. The van der Waals surface area contributed by atoms with Crippen LogP contribution in [0.2, 0.25) is 0 Å². The van der Waals surface area contributed by atoms with Crippen molar-refractivity contribution in [3.05, 3.63) is 42.2 Å². The predicted octanol–water partition coefficient (Wildman–Crippen LogP) is 1.80. The molecular weight excluding hydrogens is 304 g/mol. The van der Waals surface area contributed by atoms with Gasteiger partial charge in [-0.1, -0.05) is 6.07 Å². The monoisotopic (exact) mass is 322 g/mol. The van der Waals surface area contributed by atoms with Gasteiger partial charge in [0.05, 0.1) is 0 Å². The van der Waals surface area contributed by atoms with Gasteiger partial charge in [0, 0.05) is 37.9 Å². The molecule has 1 aliphatic heterocycles. The van der Waals surface area contributed by atoms with Crippen LogP contribution in [-0.4, -0.2) is 44.0 Å². The van der Waals surface area contributed by atoms with Crippen molar-refractivity contribution in [1.82, 2.24) is 4.31 Å². The number of hydrogen-bond donors (Lipinski definition) is 1. The highest BCUT2D eigenvalue weighted by atomic mass is 32.2. The van der Waals surface area contributed by atoms with Crippen LogP contribution in [0, 0.1) is 6.92 Å². The fourth-order valence-corrected chi connectivity index (χ4v) is 3.93. The van der Waals surface area contributed by atoms with Gasteiger partial charge in [0.2, 0.25) is 5.09 Å². The normalized spacial score (nSPS) is 16.9. The lowest BCUT2D eigenvalue weighted by atomic mass is 10.2. The van der Waals surface area contributed by atoms with Crippen molar-refractivity contribution in [3.63, 3.8) is 0 Å². The molecule has 0 amide bonds. The molecule has 22 heavy (non-hydrogen) atoms. The van der Waals surface area contributed by atoms with Gasteiger partial charge in [0.1, 0.15) is 11.5 Å². The first-order chi connectivity index (χ1) is 10.5. The summed E-state index contributed by atoms with van der Waals surface area (Å²) in [5.41, 5.74) is 0.894. The van der Waals surface area contributed by atoms with Crippen LogP contribution in [0.3, 0.4) is 0 Å². The second-order valence-corrected chi connectivity index (χ2v) is 7.14. The van der Waals surface area contributed by atoms with Gasteiger partial charge >= 0.3 is 0 Å². The molecule has 6 nitrogen and oxygen atoms in total. The van der Waals surface area contributed by atoms with Crippen molar-refractivity contribution in [2.75, 3.05) is 31.1 Å². The molecule has 1 aliphatic rings. The summed E-state index contributed by atoms with van der Waals surface area (Å²) in [6.07, 6.45) is 0. The summed E-state index contributed by atoms with van der Waals surface area (Å²) in [5.74, 6) is 0.788. The summed E-state index contributed by atoms with van der Waals surface area (Å²) < 4.78 is 31.6. The van der Waals surface area contributed by atoms with Crippen LogP contribution >= 0.6 is 0 Å². The van der Waals surface area contributed by atoms with E-state index in [-0.39, 0.29) is 10.8 Å². The zero-order chi connectivity index (χ0) is 15.7. The van der Waals surface area contributed by atoms with Crippen LogP contribution in [0.25, 0.3) is 0 Å². The number of piperazine rings is 1. The lowest BCUT2D eigenvalue weighted by Crippen LogP contribution is -2.48. The molecule has 1 aromatic heterocycles. The molecular formula is C15H18N2O4S. The number of nitrogens with zero attached hydrogens (tertiary/aromatic N) is 2. The fraction of sp³-hybridized carbons (Fsp3) is 0.333. The van der Waals surface area contributed by atoms with Crippen LogP contribution in [0.1, 0.15) is 5.76 Å². The molecule has 0 atom stereocenters. The molecule has 0 bridgehead atoms. The molecule has 1 N–H and O–H groups in total. The Morgan fingerprint density at radius 1 is 1.09 bits per heavy atom. The summed E-state index contributed by atoms with van der Waals surface area (Å²) in [6, 6.07) is 10.1. The van der Waals surface area contributed by atoms with Gasteiger partial charge in [-0.2, -0.15) is 4.31 Å². The zero-order valence-corrected chi connectivity index (χ0v) is 13.1. The number of anilines is 1. The molecule has 3 rings (SSSR count). The maximum atomic E-state index is 12.5. The molecule has 118 valence electrons. The van der Waals surface area contributed by atoms with Crippen molar-refractivity contribution in [1.29, 1.82) is 0 Å². The largest absolute Gasteiger partial charge is 0.508 e. The number of phenolic OH excluding ortho intramolecular Hbond substituents is 1. The molecule has 2 heterocycles. The topological polar surface area (TPSA) is 74.0 Å². The maximum Gasteiger partial charge on any atom is 0.276 e. The van der Waals surface area contributed by atoms with E-state index < -0.39 is 10.0 Å². The highest BCUT2D eigenvalue weighted by molar-refractivity contribution is 7.89. The Labute approximate surface area is 129 Å². The minimum atomic E-state index is -3.56. The number of aromatic hydroxyl groups is 1. The Bertz CT molecular complexity index is 761. The fourth-order valence-electron chi connectivity index (χ4n) is 2.55. The lowest BCUT2D eigenvalue weighted by Gasteiger charge is -2.34. The van der Waals surface area contributed by atoms with Crippen molar-refractivity contribution >= 4 is 15.7 Å².